The zero-order valence-electron chi connectivity index (χ0n) is 15.6. The first-order valence-corrected chi connectivity index (χ1v) is 9.51. The molecule has 0 bridgehead atoms. The van der Waals surface area contributed by atoms with Crippen molar-refractivity contribution in [2.45, 2.75) is 25.6 Å². The quantitative estimate of drug-likeness (QED) is 0.424. The Bertz CT molecular complexity index is 1000. The molecule has 3 aromatic rings. The van der Waals surface area contributed by atoms with Gasteiger partial charge in [-0.05, 0) is 32.0 Å². The molecule has 0 atom stereocenters. The van der Waals surface area contributed by atoms with Gasteiger partial charge in [-0.25, -0.2) is 0 Å². The predicted molar refractivity (Wildman–Crippen MR) is 104 cm³/mol. The summed E-state index contributed by atoms with van der Waals surface area (Å²) in [7, 11) is 1.82. The van der Waals surface area contributed by atoms with E-state index in [-0.39, 0.29) is 22.8 Å². The Labute approximate surface area is 165 Å². The minimum Gasteiger partial charge on any atom is -0.434 e. The van der Waals surface area contributed by atoms with Crippen molar-refractivity contribution < 1.29 is 18.3 Å². The van der Waals surface area contributed by atoms with Crippen LogP contribution in [0.1, 0.15) is 21.5 Å². The third-order valence-corrected chi connectivity index (χ3v) is 5.12. The van der Waals surface area contributed by atoms with Gasteiger partial charge >= 0.3 is 6.61 Å². The number of carbonyl (C=O) groups excluding carboxylic acids is 1. The molecule has 0 fully saturated rings. The van der Waals surface area contributed by atoms with E-state index in [1.165, 1.54) is 17.8 Å². The van der Waals surface area contributed by atoms with Crippen molar-refractivity contribution in [3.63, 3.8) is 0 Å². The van der Waals surface area contributed by atoms with Crippen molar-refractivity contribution >= 4 is 17.5 Å². The van der Waals surface area contributed by atoms with Crippen LogP contribution in [-0.2, 0) is 7.05 Å². The molecule has 1 heterocycles. The number of Topliss-reactive ketones (excluding diaryl/α,β-unsaturated/α-hetero) is 1. The second kappa shape index (κ2) is 8.52. The summed E-state index contributed by atoms with van der Waals surface area (Å²) in [6, 6.07) is 12.4. The van der Waals surface area contributed by atoms with E-state index < -0.39 is 6.61 Å². The number of aryl methyl sites for hydroxylation is 2. The monoisotopic (exact) mass is 403 g/mol. The van der Waals surface area contributed by atoms with E-state index in [4.69, 9.17) is 0 Å². The lowest BCUT2D eigenvalue weighted by Crippen LogP contribution is -2.10. The van der Waals surface area contributed by atoms with Crippen LogP contribution < -0.4 is 4.74 Å². The first kappa shape index (κ1) is 20.0. The van der Waals surface area contributed by atoms with E-state index in [0.717, 1.165) is 16.7 Å². The normalized spacial score (nSPS) is 11.1. The molecule has 0 amide bonds. The van der Waals surface area contributed by atoms with Gasteiger partial charge in [0.15, 0.2) is 16.8 Å². The molecule has 0 N–H and O–H groups in total. The maximum absolute atomic E-state index is 12.6. The van der Waals surface area contributed by atoms with E-state index >= 15 is 0 Å². The summed E-state index contributed by atoms with van der Waals surface area (Å²) in [6.07, 6.45) is 0. The molecule has 0 radical (unpaired) electrons. The van der Waals surface area contributed by atoms with Gasteiger partial charge in [-0.15, -0.1) is 10.2 Å². The fourth-order valence-electron chi connectivity index (χ4n) is 2.74. The molecule has 2 aromatic carbocycles. The minimum atomic E-state index is -2.99. The molecule has 0 aliphatic rings. The SMILES string of the molecule is Cc1cccc(-c2nnc(SCC(=O)c3cc(C)ccc3OC(F)F)n2C)c1. The molecule has 0 aliphatic carbocycles. The largest absolute Gasteiger partial charge is 0.434 e. The number of hydrogen-bond donors (Lipinski definition) is 0. The van der Waals surface area contributed by atoms with Crippen molar-refractivity contribution in [3.05, 3.63) is 59.2 Å². The lowest BCUT2D eigenvalue weighted by atomic mass is 10.1. The van der Waals surface area contributed by atoms with Gasteiger partial charge in [-0.3, -0.25) is 4.79 Å². The standard InChI is InChI=1S/C20H19F2N3O2S/c1-12-5-4-6-14(9-12)18-23-24-20(25(18)3)28-11-16(26)15-10-13(2)7-8-17(15)27-19(21)22/h4-10,19H,11H2,1-3H3. The third-order valence-electron chi connectivity index (χ3n) is 4.10. The van der Waals surface area contributed by atoms with Gasteiger partial charge in [-0.2, -0.15) is 8.78 Å². The lowest BCUT2D eigenvalue weighted by molar-refractivity contribution is -0.0501. The smallest absolute Gasteiger partial charge is 0.387 e. The summed E-state index contributed by atoms with van der Waals surface area (Å²) < 4.78 is 31.5. The van der Waals surface area contributed by atoms with Gasteiger partial charge < -0.3 is 9.30 Å². The average Bonchev–Trinajstić information content (AvgIpc) is 3.01. The highest BCUT2D eigenvalue weighted by Gasteiger charge is 2.18. The Morgan fingerprint density at radius 3 is 2.61 bits per heavy atom. The maximum atomic E-state index is 12.6. The van der Waals surface area contributed by atoms with Gasteiger partial charge in [0.25, 0.3) is 0 Å². The minimum absolute atomic E-state index is 0.0306. The van der Waals surface area contributed by atoms with Gasteiger partial charge in [0.05, 0.1) is 11.3 Å². The van der Waals surface area contributed by atoms with Gasteiger partial charge in [-0.1, -0.05) is 47.2 Å². The number of alkyl halides is 2. The van der Waals surface area contributed by atoms with Gasteiger partial charge in [0, 0.05) is 12.6 Å². The molecule has 5 nitrogen and oxygen atoms in total. The highest BCUT2D eigenvalue weighted by Crippen LogP contribution is 2.27. The van der Waals surface area contributed by atoms with Crippen LogP contribution in [-0.4, -0.2) is 32.9 Å². The molecule has 0 unspecified atom stereocenters. The van der Waals surface area contributed by atoms with Crippen LogP contribution in [0.3, 0.4) is 0 Å². The van der Waals surface area contributed by atoms with Crippen LogP contribution in [0, 0.1) is 13.8 Å². The fourth-order valence-corrected chi connectivity index (χ4v) is 3.54. The summed E-state index contributed by atoms with van der Waals surface area (Å²) in [5.41, 5.74) is 2.96. The van der Waals surface area contributed by atoms with E-state index in [9.17, 15) is 13.6 Å². The van der Waals surface area contributed by atoms with Crippen LogP contribution in [0.2, 0.25) is 0 Å². The Balaban J connectivity index is 1.76. The fraction of sp³-hybridized carbons (Fsp3) is 0.250. The molecule has 0 aliphatic heterocycles. The molecular formula is C20H19F2N3O2S. The zero-order valence-corrected chi connectivity index (χ0v) is 16.5. The second-order valence-electron chi connectivity index (χ2n) is 6.32. The Hall–Kier alpha value is -2.74. The number of carbonyl (C=O) groups is 1. The summed E-state index contributed by atoms with van der Waals surface area (Å²) in [5.74, 6) is 0.285. The number of halogens is 2. The molecule has 0 saturated heterocycles. The molecule has 28 heavy (non-hydrogen) atoms. The first-order chi connectivity index (χ1) is 13.3. The van der Waals surface area contributed by atoms with Crippen molar-refractivity contribution in [2.24, 2.45) is 7.05 Å². The number of ether oxygens (including phenoxy) is 1. The molecule has 8 heteroatoms. The molecule has 3 rings (SSSR count). The summed E-state index contributed by atoms with van der Waals surface area (Å²) in [5, 5.41) is 8.92. The maximum Gasteiger partial charge on any atom is 0.387 e. The number of ketones is 1. The summed E-state index contributed by atoms with van der Waals surface area (Å²) >= 11 is 1.20. The van der Waals surface area contributed by atoms with Crippen LogP contribution in [0.15, 0.2) is 47.6 Å². The lowest BCUT2D eigenvalue weighted by Gasteiger charge is -2.10. The first-order valence-electron chi connectivity index (χ1n) is 8.53. The Morgan fingerprint density at radius 2 is 1.89 bits per heavy atom. The van der Waals surface area contributed by atoms with Crippen molar-refractivity contribution in [1.82, 2.24) is 14.8 Å². The second-order valence-corrected chi connectivity index (χ2v) is 7.27. The number of nitrogens with zero attached hydrogens (tertiary/aromatic N) is 3. The molecule has 0 saturated carbocycles. The predicted octanol–water partition coefficient (Wildman–Crippen LogP) is 4.68. The van der Waals surface area contributed by atoms with E-state index in [1.807, 2.05) is 38.2 Å². The van der Waals surface area contributed by atoms with Crippen LogP contribution >= 0.6 is 11.8 Å². The van der Waals surface area contributed by atoms with Crippen LogP contribution in [0.25, 0.3) is 11.4 Å². The van der Waals surface area contributed by atoms with Crippen LogP contribution in [0.5, 0.6) is 5.75 Å². The van der Waals surface area contributed by atoms with E-state index in [2.05, 4.69) is 14.9 Å². The van der Waals surface area contributed by atoms with Gasteiger partial charge in [0.1, 0.15) is 5.75 Å². The third kappa shape index (κ3) is 4.56. The Morgan fingerprint density at radius 1 is 1.14 bits per heavy atom. The van der Waals surface area contributed by atoms with Crippen molar-refractivity contribution in [3.8, 4) is 17.1 Å². The van der Waals surface area contributed by atoms with Crippen LogP contribution in [0.4, 0.5) is 8.78 Å². The van der Waals surface area contributed by atoms with E-state index in [1.54, 1.807) is 23.6 Å². The molecular weight excluding hydrogens is 384 g/mol. The van der Waals surface area contributed by atoms with Gasteiger partial charge in [0.2, 0.25) is 0 Å². The highest BCUT2D eigenvalue weighted by atomic mass is 32.2. The van der Waals surface area contributed by atoms with E-state index in [0.29, 0.717) is 11.0 Å². The molecule has 0 spiro atoms. The Kier molecular flexibility index (Phi) is 6.08. The zero-order chi connectivity index (χ0) is 20.3. The van der Waals surface area contributed by atoms with Crippen molar-refractivity contribution in [2.75, 3.05) is 5.75 Å². The summed E-state index contributed by atoms with van der Waals surface area (Å²) in [6.45, 7) is 0.791. The number of aromatic nitrogens is 3. The van der Waals surface area contributed by atoms with Crippen molar-refractivity contribution in [1.29, 1.82) is 0 Å². The number of thioether (sulfide) groups is 1. The molecule has 1 aromatic heterocycles. The summed E-state index contributed by atoms with van der Waals surface area (Å²) in [4.78, 5) is 12.6. The highest BCUT2D eigenvalue weighted by molar-refractivity contribution is 7.99. The topological polar surface area (TPSA) is 57.0 Å². The average molecular weight is 403 g/mol. The number of rotatable bonds is 7. The number of benzene rings is 2. The molecule has 146 valence electrons. The number of hydrogen-bond acceptors (Lipinski definition) is 5.